The zero-order valence-corrected chi connectivity index (χ0v) is 16.4. The lowest BCUT2D eigenvalue weighted by atomic mass is 10.3. The van der Waals surface area contributed by atoms with Gasteiger partial charge in [0.25, 0.3) is 0 Å². The van der Waals surface area contributed by atoms with Crippen LogP contribution in [0.15, 0.2) is 0 Å². The molecule has 0 aromatic carbocycles. The molecule has 0 amide bonds. The molecule has 0 aromatic rings. The Kier molecular flexibility index (Phi) is 21.9. The van der Waals surface area contributed by atoms with E-state index < -0.39 is 0 Å². The highest BCUT2D eigenvalue weighted by Crippen LogP contribution is 1.87. The maximum absolute atomic E-state index is 10.7. The van der Waals surface area contributed by atoms with Gasteiger partial charge in [0.2, 0.25) is 0 Å². The van der Waals surface area contributed by atoms with Crippen LogP contribution in [0.3, 0.4) is 0 Å². The van der Waals surface area contributed by atoms with Gasteiger partial charge in [0.15, 0.2) is 0 Å². The molecule has 0 spiro atoms. The fourth-order valence-corrected chi connectivity index (χ4v) is 1.68. The van der Waals surface area contributed by atoms with Crippen molar-refractivity contribution in [2.24, 2.45) is 0 Å². The van der Waals surface area contributed by atoms with Crippen molar-refractivity contribution < 1.29 is 38.0 Å². The fraction of sp³-hybridized carbons (Fsp3) is 0.944. The van der Waals surface area contributed by atoms with Gasteiger partial charge in [-0.2, -0.15) is 0 Å². The first-order chi connectivity index (χ1) is 12.8. The molecule has 0 aliphatic heterocycles. The molecular formula is C18H36O8. The second-order valence-electron chi connectivity index (χ2n) is 5.32. The van der Waals surface area contributed by atoms with E-state index in [4.69, 9.17) is 33.2 Å². The SMILES string of the molecule is CCOCCOCCOCCOCCOCCOCCOCCC(C)=O. The number of carbonyl (C=O) groups excluding carboxylic acids is 1. The summed E-state index contributed by atoms with van der Waals surface area (Å²) in [5.74, 6) is 0.135. The summed E-state index contributed by atoms with van der Waals surface area (Å²) in [6, 6.07) is 0. The Hall–Kier alpha value is -0.610. The minimum Gasteiger partial charge on any atom is -0.379 e. The Balaban J connectivity index is 2.98. The molecule has 0 unspecified atom stereocenters. The highest BCUT2D eigenvalue weighted by Gasteiger charge is 1.95. The first-order valence-corrected chi connectivity index (χ1v) is 9.31. The monoisotopic (exact) mass is 380 g/mol. The lowest BCUT2D eigenvalue weighted by molar-refractivity contribution is -0.118. The zero-order valence-electron chi connectivity index (χ0n) is 16.4. The molecule has 0 saturated heterocycles. The third-order valence-corrected chi connectivity index (χ3v) is 3.03. The Bertz CT molecular complexity index is 288. The van der Waals surface area contributed by atoms with Crippen molar-refractivity contribution in [3.05, 3.63) is 0 Å². The molecule has 8 heteroatoms. The van der Waals surface area contributed by atoms with Crippen LogP contribution >= 0.6 is 0 Å². The summed E-state index contributed by atoms with van der Waals surface area (Å²) < 4.78 is 37.2. The van der Waals surface area contributed by atoms with E-state index in [-0.39, 0.29) is 5.78 Å². The Morgan fingerprint density at radius 1 is 0.500 bits per heavy atom. The van der Waals surface area contributed by atoms with Gasteiger partial charge in [-0.1, -0.05) is 0 Å². The van der Waals surface area contributed by atoms with Crippen LogP contribution in [0.25, 0.3) is 0 Å². The van der Waals surface area contributed by atoms with Crippen LogP contribution in [0.4, 0.5) is 0 Å². The topological polar surface area (TPSA) is 81.7 Å². The maximum atomic E-state index is 10.7. The highest BCUT2D eigenvalue weighted by atomic mass is 16.6. The standard InChI is InChI=1S/C18H36O8/c1-3-20-6-7-22-10-11-24-14-15-26-17-16-25-13-12-23-9-8-21-5-4-18(2)19/h3-17H2,1-2H3. The van der Waals surface area contributed by atoms with Gasteiger partial charge in [0.05, 0.1) is 85.9 Å². The van der Waals surface area contributed by atoms with E-state index in [9.17, 15) is 4.79 Å². The first kappa shape index (κ1) is 25.4. The third kappa shape index (κ3) is 23.4. The second kappa shape index (κ2) is 22.4. The van der Waals surface area contributed by atoms with Gasteiger partial charge in [-0.15, -0.1) is 0 Å². The normalized spacial score (nSPS) is 11.2. The van der Waals surface area contributed by atoms with Crippen LogP contribution in [-0.4, -0.2) is 98.3 Å². The molecule has 8 nitrogen and oxygen atoms in total. The van der Waals surface area contributed by atoms with Crippen molar-refractivity contribution in [1.82, 2.24) is 0 Å². The lowest BCUT2D eigenvalue weighted by Crippen LogP contribution is -2.14. The molecule has 0 aromatic heterocycles. The smallest absolute Gasteiger partial charge is 0.132 e. The van der Waals surface area contributed by atoms with Gasteiger partial charge in [-0.05, 0) is 13.8 Å². The van der Waals surface area contributed by atoms with Gasteiger partial charge >= 0.3 is 0 Å². The van der Waals surface area contributed by atoms with Crippen LogP contribution in [0, 0.1) is 0 Å². The van der Waals surface area contributed by atoms with Crippen LogP contribution in [-0.2, 0) is 38.0 Å². The summed E-state index contributed by atoms with van der Waals surface area (Å²) in [5, 5.41) is 0. The summed E-state index contributed by atoms with van der Waals surface area (Å²) in [6.07, 6.45) is 0.455. The average molecular weight is 380 g/mol. The summed E-state index contributed by atoms with van der Waals surface area (Å²) in [7, 11) is 0. The molecule has 0 heterocycles. The predicted molar refractivity (Wildman–Crippen MR) is 96.7 cm³/mol. The van der Waals surface area contributed by atoms with Crippen LogP contribution < -0.4 is 0 Å². The predicted octanol–water partition coefficient (Wildman–Crippen LogP) is 1.10. The van der Waals surface area contributed by atoms with Crippen molar-refractivity contribution in [2.75, 3.05) is 92.5 Å². The molecule has 0 aliphatic carbocycles. The van der Waals surface area contributed by atoms with E-state index in [1.54, 1.807) is 6.92 Å². The minimum absolute atomic E-state index is 0.135. The van der Waals surface area contributed by atoms with Gasteiger partial charge in [0, 0.05) is 13.0 Å². The van der Waals surface area contributed by atoms with Crippen LogP contribution in [0.1, 0.15) is 20.3 Å². The molecule has 26 heavy (non-hydrogen) atoms. The molecule has 156 valence electrons. The Morgan fingerprint density at radius 3 is 1.04 bits per heavy atom. The molecule has 0 atom stereocenters. The van der Waals surface area contributed by atoms with Crippen molar-refractivity contribution in [3.8, 4) is 0 Å². The number of ketones is 1. The number of Topliss-reactive ketones (excluding diaryl/α,β-unsaturated/α-hetero) is 1. The molecule has 0 saturated carbocycles. The summed E-state index contributed by atoms with van der Waals surface area (Å²) in [4.78, 5) is 10.7. The molecular weight excluding hydrogens is 344 g/mol. The molecule has 0 fully saturated rings. The Labute approximate surface area is 157 Å². The second-order valence-corrected chi connectivity index (χ2v) is 5.32. The van der Waals surface area contributed by atoms with Gasteiger partial charge in [-0.25, -0.2) is 0 Å². The molecule has 0 bridgehead atoms. The summed E-state index contributed by atoms with van der Waals surface area (Å²) >= 11 is 0. The van der Waals surface area contributed by atoms with Gasteiger partial charge in [0.1, 0.15) is 5.78 Å². The van der Waals surface area contributed by atoms with Crippen LogP contribution in [0.2, 0.25) is 0 Å². The van der Waals surface area contributed by atoms with Crippen molar-refractivity contribution in [2.45, 2.75) is 20.3 Å². The van der Waals surface area contributed by atoms with Crippen molar-refractivity contribution >= 4 is 5.78 Å². The van der Waals surface area contributed by atoms with Crippen LogP contribution in [0.5, 0.6) is 0 Å². The Morgan fingerprint density at radius 2 is 0.769 bits per heavy atom. The van der Waals surface area contributed by atoms with E-state index in [0.29, 0.717) is 98.9 Å². The minimum atomic E-state index is 0.135. The van der Waals surface area contributed by atoms with E-state index >= 15 is 0 Å². The summed E-state index contributed by atoms with van der Waals surface area (Å²) in [6.45, 7) is 11.2. The molecule has 0 rings (SSSR count). The van der Waals surface area contributed by atoms with E-state index in [0.717, 1.165) is 0 Å². The lowest BCUT2D eigenvalue weighted by Gasteiger charge is -2.08. The van der Waals surface area contributed by atoms with Gasteiger partial charge in [-0.3, -0.25) is 4.79 Å². The number of rotatable bonds is 22. The van der Waals surface area contributed by atoms with E-state index in [1.165, 1.54) is 0 Å². The number of hydrogen-bond donors (Lipinski definition) is 0. The average Bonchev–Trinajstić information content (AvgIpc) is 2.62. The fourth-order valence-electron chi connectivity index (χ4n) is 1.68. The van der Waals surface area contributed by atoms with E-state index in [1.807, 2.05) is 6.92 Å². The third-order valence-electron chi connectivity index (χ3n) is 3.03. The highest BCUT2D eigenvalue weighted by molar-refractivity contribution is 5.75. The van der Waals surface area contributed by atoms with Crippen molar-refractivity contribution in [3.63, 3.8) is 0 Å². The quantitative estimate of drug-likeness (QED) is 0.258. The first-order valence-electron chi connectivity index (χ1n) is 9.31. The molecule has 0 N–H and O–H groups in total. The number of hydrogen-bond acceptors (Lipinski definition) is 8. The van der Waals surface area contributed by atoms with Gasteiger partial charge < -0.3 is 33.2 Å². The number of ether oxygens (including phenoxy) is 7. The maximum Gasteiger partial charge on any atom is 0.132 e. The molecule has 0 aliphatic rings. The number of carbonyl (C=O) groups is 1. The van der Waals surface area contributed by atoms with Crippen molar-refractivity contribution in [1.29, 1.82) is 0 Å². The van der Waals surface area contributed by atoms with E-state index in [2.05, 4.69) is 0 Å². The molecule has 0 radical (unpaired) electrons. The summed E-state index contributed by atoms with van der Waals surface area (Å²) in [5.41, 5.74) is 0. The zero-order chi connectivity index (χ0) is 19.1. The largest absolute Gasteiger partial charge is 0.379 e.